The minimum atomic E-state index is -0.335. The molecule has 1 aromatic rings. The van der Waals surface area contributed by atoms with E-state index in [4.69, 9.17) is 10.5 Å². The number of pyridine rings is 1. The molecule has 0 saturated carbocycles. The van der Waals surface area contributed by atoms with E-state index in [0.29, 0.717) is 6.61 Å². The van der Waals surface area contributed by atoms with Crippen LogP contribution in [0.4, 0.5) is 0 Å². The highest BCUT2D eigenvalue weighted by Gasteiger charge is 2.14. The van der Waals surface area contributed by atoms with Crippen LogP contribution in [0.3, 0.4) is 0 Å². The Hall–Kier alpha value is -1.42. The third-order valence-corrected chi connectivity index (χ3v) is 2.17. The lowest BCUT2D eigenvalue weighted by Crippen LogP contribution is -2.18. The molecule has 0 aliphatic heterocycles. The molecular weight excluding hydrogens is 192 g/mol. The van der Waals surface area contributed by atoms with Crippen molar-refractivity contribution in [1.29, 1.82) is 0 Å². The van der Waals surface area contributed by atoms with Gasteiger partial charge in [0, 0.05) is 18.4 Å². The van der Waals surface area contributed by atoms with Crippen LogP contribution in [0, 0.1) is 6.92 Å². The quantitative estimate of drug-likeness (QED) is 0.758. The zero-order valence-electron chi connectivity index (χ0n) is 9.06. The summed E-state index contributed by atoms with van der Waals surface area (Å²) in [4.78, 5) is 15.2. The molecule has 0 saturated heterocycles. The Morgan fingerprint density at radius 3 is 3.00 bits per heavy atom. The Labute approximate surface area is 89.5 Å². The van der Waals surface area contributed by atoms with Gasteiger partial charge < -0.3 is 10.5 Å². The second kappa shape index (κ2) is 5.46. The van der Waals surface area contributed by atoms with Crippen molar-refractivity contribution in [2.45, 2.75) is 26.3 Å². The summed E-state index contributed by atoms with van der Waals surface area (Å²) in [5, 5.41) is 0. The van der Waals surface area contributed by atoms with Crippen LogP contribution in [-0.4, -0.2) is 17.6 Å². The molecule has 1 rings (SSSR count). The van der Waals surface area contributed by atoms with Gasteiger partial charge in [-0.15, -0.1) is 0 Å². The molecule has 4 nitrogen and oxygen atoms in total. The highest BCUT2D eigenvalue weighted by molar-refractivity contribution is 5.70. The summed E-state index contributed by atoms with van der Waals surface area (Å²) in [5.41, 5.74) is 7.82. The van der Waals surface area contributed by atoms with E-state index in [0.717, 1.165) is 11.1 Å². The zero-order valence-corrected chi connectivity index (χ0v) is 9.06. The molecule has 0 aromatic carbocycles. The van der Waals surface area contributed by atoms with Gasteiger partial charge in [-0.3, -0.25) is 9.78 Å². The van der Waals surface area contributed by atoms with Crippen LogP contribution in [0.25, 0.3) is 0 Å². The van der Waals surface area contributed by atoms with Gasteiger partial charge in [-0.2, -0.15) is 0 Å². The van der Waals surface area contributed by atoms with E-state index in [1.54, 1.807) is 19.3 Å². The summed E-state index contributed by atoms with van der Waals surface area (Å²) < 4.78 is 4.83. The van der Waals surface area contributed by atoms with Gasteiger partial charge >= 0.3 is 5.97 Å². The molecule has 82 valence electrons. The number of rotatable bonds is 4. The summed E-state index contributed by atoms with van der Waals surface area (Å²) in [6.07, 6.45) is 3.59. The average molecular weight is 208 g/mol. The Balaban J connectivity index is 2.65. The number of hydrogen-bond acceptors (Lipinski definition) is 4. The molecular formula is C11H16N2O2. The van der Waals surface area contributed by atoms with Crippen LogP contribution in [0.1, 0.15) is 30.5 Å². The minimum absolute atomic E-state index is 0.195. The summed E-state index contributed by atoms with van der Waals surface area (Å²) in [6.45, 7) is 4.11. The predicted octanol–water partition coefficient (Wildman–Crippen LogP) is 1.34. The van der Waals surface area contributed by atoms with E-state index >= 15 is 0 Å². The molecule has 0 fully saturated rings. The summed E-state index contributed by atoms with van der Waals surface area (Å²) in [7, 11) is 0. The first-order chi connectivity index (χ1) is 7.15. The van der Waals surface area contributed by atoms with Gasteiger partial charge in [-0.1, -0.05) is 0 Å². The number of nitrogens with two attached hydrogens (primary N) is 1. The lowest BCUT2D eigenvalue weighted by atomic mass is 10.0. The maximum absolute atomic E-state index is 11.2. The van der Waals surface area contributed by atoms with E-state index in [1.807, 2.05) is 13.0 Å². The second-order valence-corrected chi connectivity index (χ2v) is 3.35. The summed E-state index contributed by atoms with van der Waals surface area (Å²) >= 11 is 0. The lowest BCUT2D eigenvalue weighted by Gasteiger charge is -2.12. The molecule has 4 heteroatoms. The van der Waals surface area contributed by atoms with E-state index in [1.165, 1.54) is 0 Å². The fourth-order valence-corrected chi connectivity index (χ4v) is 1.37. The van der Waals surface area contributed by atoms with Crippen LogP contribution in [0.5, 0.6) is 0 Å². The maximum atomic E-state index is 11.2. The largest absolute Gasteiger partial charge is 0.466 e. The van der Waals surface area contributed by atoms with Gasteiger partial charge in [0.25, 0.3) is 0 Å². The average Bonchev–Trinajstić information content (AvgIpc) is 2.18. The van der Waals surface area contributed by atoms with Crippen molar-refractivity contribution in [2.24, 2.45) is 5.73 Å². The Kier molecular flexibility index (Phi) is 4.24. The van der Waals surface area contributed by atoms with Crippen molar-refractivity contribution >= 4 is 5.97 Å². The minimum Gasteiger partial charge on any atom is -0.466 e. The standard InChI is InChI=1S/C11H16N2O2/c1-3-15-11(14)6-10(12)9-7-13-5-4-8(9)2/h4-5,7,10H,3,6,12H2,1-2H3/t10-/m1/s1. The van der Waals surface area contributed by atoms with E-state index < -0.39 is 0 Å². The smallest absolute Gasteiger partial charge is 0.307 e. The number of nitrogens with zero attached hydrogens (tertiary/aromatic N) is 1. The molecule has 0 amide bonds. The predicted molar refractivity (Wildman–Crippen MR) is 57.2 cm³/mol. The number of carbonyl (C=O) groups excluding carboxylic acids is 1. The summed E-state index contributed by atoms with van der Waals surface area (Å²) in [6, 6.07) is 1.54. The number of carbonyl (C=O) groups is 1. The number of aromatic nitrogens is 1. The van der Waals surface area contributed by atoms with Gasteiger partial charge in [-0.05, 0) is 31.0 Å². The van der Waals surface area contributed by atoms with Crippen molar-refractivity contribution in [3.63, 3.8) is 0 Å². The Bertz CT molecular complexity index is 339. The molecule has 1 atom stereocenters. The van der Waals surface area contributed by atoms with Gasteiger partial charge in [0.05, 0.1) is 13.0 Å². The van der Waals surface area contributed by atoms with Crippen molar-refractivity contribution in [3.05, 3.63) is 29.6 Å². The number of hydrogen-bond donors (Lipinski definition) is 1. The number of esters is 1. The third kappa shape index (κ3) is 3.32. The van der Waals surface area contributed by atoms with Crippen LogP contribution in [-0.2, 0) is 9.53 Å². The molecule has 0 aliphatic rings. The van der Waals surface area contributed by atoms with Crippen molar-refractivity contribution in [3.8, 4) is 0 Å². The molecule has 0 unspecified atom stereocenters. The second-order valence-electron chi connectivity index (χ2n) is 3.35. The fraction of sp³-hybridized carbons (Fsp3) is 0.455. The molecule has 2 N–H and O–H groups in total. The molecule has 0 radical (unpaired) electrons. The van der Waals surface area contributed by atoms with Crippen LogP contribution in [0.15, 0.2) is 18.5 Å². The Morgan fingerprint density at radius 2 is 2.40 bits per heavy atom. The maximum Gasteiger partial charge on any atom is 0.307 e. The fourth-order valence-electron chi connectivity index (χ4n) is 1.37. The highest BCUT2D eigenvalue weighted by atomic mass is 16.5. The van der Waals surface area contributed by atoms with Crippen molar-refractivity contribution < 1.29 is 9.53 Å². The first kappa shape index (κ1) is 11.7. The summed E-state index contributed by atoms with van der Waals surface area (Å²) in [5.74, 6) is -0.270. The lowest BCUT2D eigenvalue weighted by molar-refractivity contribution is -0.143. The first-order valence-electron chi connectivity index (χ1n) is 4.96. The highest BCUT2D eigenvalue weighted by Crippen LogP contribution is 2.17. The van der Waals surface area contributed by atoms with Crippen LogP contribution < -0.4 is 5.73 Å². The van der Waals surface area contributed by atoms with E-state index in [-0.39, 0.29) is 18.4 Å². The van der Waals surface area contributed by atoms with Crippen LogP contribution >= 0.6 is 0 Å². The Morgan fingerprint density at radius 1 is 1.67 bits per heavy atom. The molecule has 1 aromatic heterocycles. The molecule has 15 heavy (non-hydrogen) atoms. The molecule has 0 aliphatic carbocycles. The van der Waals surface area contributed by atoms with Crippen LogP contribution in [0.2, 0.25) is 0 Å². The number of ether oxygens (including phenoxy) is 1. The van der Waals surface area contributed by atoms with Gasteiger partial charge in [-0.25, -0.2) is 0 Å². The SMILES string of the molecule is CCOC(=O)C[C@@H](N)c1cnccc1C. The van der Waals surface area contributed by atoms with E-state index in [9.17, 15) is 4.79 Å². The van der Waals surface area contributed by atoms with Crippen molar-refractivity contribution in [2.75, 3.05) is 6.61 Å². The zero-order chi connectivity index (χ0) is 11.3. The molecule has 1 heterocycles. The third-order valence-electron chi connectivity index (χ3n) is 2.17. The van der Waals surface area contributed by atoms with Gasteiger partial charge in [0.1, 0.15) is 0 Å². The van der Waals surface area contributed by atoms with Crippen molar-refractivity contribution in [1.82, 2.24) is 4.98 Å². The molecule has 0 bridgehead atoms. The first-order valence-corrected chi connectivity index (χ1v) is 4.96. The number of aryl methyl sites for hydroxylation is 1. The van der Waals surface area contributed by atoms with Gasteiger partial charge in [0.15, 0.2) is 0 Å². The van der Waals surface area contributed by atoms with E-state index in [2.05, 4.69) is 4.98 Å². The monoisotopic (exact) mass is 208 g/mol. The topological polar surface area (TPSA) is 65.2 Å². The normalized spacial score (nSPS) is 12.2. The molecule has 0 spiro atoms. The van der Waals surface area contributed by atoms with Gasteiger partial charge in [0.2, 0.25) is 0 Å².